The van der Waals surface area contributed by atoms with Crippen LogP contribution in [0.3, 0.4) is 0 Å². The third kappa shape index (κ3) is 5.34. The number of thioether (sulfide) groups is 1. The van der Waals surface area contributed by atoms with E-state index in [2.05, 4.69) is 20.2 Å². The first-order chi connectivity index (χ1) is 15.5. The molecule has 9 heteroatoms. The van der Waals surface area contributed by atoms with Gasteiger partial charge in [0.25, 0.3) is 11.8 Å². The Hall–Kier alpha value is -3.20. The van der Waals surface area contributed by atoms with E-state index in [1.54, 1.807) is 48.6 Å². The molecule has 1 atom stereocenters. The first kappa shape index (κ1) is 22.0. The first-order valence-corrected chi connectivity index (χ1v) is 11.5. The van der Waals surface area contributed by atoms with E-state index in [0.717, 1.165) is 36.7 Å². The van der Waals surface area contributed by atoms with Crippen LogP contribution in [0.25, 0.3) is 0 Å². The number of hydrogen-bond donors (Lipinski definition) is 1. The van der Waals surface area contributed by atoms with Gasteiger partial charge in [-0.05, 0) is 54.8 Å². The maximum Gasteiger partial charge on any atom is 0.262 e. The van der Waals surface area contributed by atoms with Gasteiger partial charge in [-0.1, -0.05) is 11.8 Å². The van der Waals surface area contributed by atoms with Crippen LogP contribution in [0.1, 0.15) is 35.2 Å². The van der Waals surface area contributed by atoms with Gasteiger partial charge in [-0.3, -0.25) is 19.4 Å². The summed E-state index contributed by atoms with van der Waals surface area (Å²) in [6.07, 6.45) is 5.68. The molecule has 2 aliphatic heterocycles. The number of amidine groups is 1. The lowest BCUT2D eigenvalue weighted by Gasteiger charge is -2.17. The molecular formula is C23H25N5O3S. The van der Waals surface area contributed by atoms with E-state index in [1.807, 2.05) is 12.1 Å². The molecule has 0 radical (unpaired) electrons. The number of hydrogen-bond acceptors (Lipinski definition) is 6. The van der Waals surface area contributed by atoms with E-state index in [-0.39, 0.29) is 24.1 Å². The van der Waals surface area contributed by atoms with Crippen LogP contribution in [0.15, 0.2) is 53.8 Å². The average molecular weight is 452 g/mol. The lowest BCUT2D eigenvalue weighted by Crippen LogP contribution is -2.26. The van der Waals surface area contributed by atoms with Gasteiger partial charge in [0.1, 0.15) is 5.25 Å². The molecule has 32 heavy (non-hydrogen) atoms. The first-order valence-electron chi connectivity index (χ1n) is 10.6. The van der Waals surface area contributed by atoms with Crippen LogP contribution in [-0.2, 0) is 16.1 Å². The number of carbonyl (C=O) groups is 3. The van der Waals surface area contributed by atoms with E-state index >= 15 is 0 Å². The summed E-state index contributed by atoms with van der Waals surface area (Å²) in [5.41, 5.74) is 2.11. The van der Waals surface area contributed by atoms with E-state index < -0.39 is 5.25 Å². The number of rotatable bonds is 6. The van der Waals surface area contributed by atoms with Gasteiger partial charge in [0, 0.05) is 56.7 Å². The van der Waals surface area contributed by atoms with Gasteiger partial charge in [0.05, 0.1) is 0 Å². The Labute approximate surface area is 191 Å². The quantitative estimate of drug-likeness (QED) is 0.726. The lowest BCUT2D eigenvalue weighted by atomic mass is 10.1. The summed E-state index contributed by atoms with van der Waals surface area (Å²) in [5.74, 6) is -0.605. The van der Waals surface area contributed by atoms with E-state index in [4.69, 9.17) is 0 Å². The van der Waals surface area contributed by atoms with Crippen LogP contribution in [0.4, 0.5) is 5.69 Å². The van der Waals surface area contributed by atoms with Gasteiger partial charge < -0.3 is 15.1 Å². The minimum absolute atomic E-state index is 0.0691. The van der Waals surface area contributed by atoms with Crippen molar-refractivity contribution >= 4 is 40.3 Å². The van der Waals surface area contributed by atoms with Gasteiger partial charge in [-0.2, -0.15) is 4.99 Å². The predicted octanol–water partition coefficient (Wildman–Crippen LogP) is 2.78. The van der Waals surface area contributed by atoms with Crippen molar-refractivity contribution in [2.24, 2.45) is 4.99 Å². The van der Waals surface area contributed by atoms with E-state index in [1.165, 1.54) is 11.8 Å². The second-order valence-electron chi connectivity index (χ2n) is 7.88. The number of benzene rings is 1. The van der Waals surface area contributed by atoms with Gasteiger partial charge in [0.2, 0.25) is 5.91 Å². The molecule has 0 aliphatic carbocycles. The number of aromatic nitrogens is 1. The van der Waals surface area contributed by atoms with Crippen molar-refractivity contribution < 1.29 is 14.4 Å². The Morgan fingerprint density at radius 2 is 1.81 bits per heavy atom. The molecule has 0 saturated carbocycles. The van der Waals surface area contributed by atoms with Crippen molar-refractivity contribution in [2.75, 3.05) is 25.5 Å². The van der Waals surface area contributed by atoms with Crippen LogP contribution in [0.5, 0.6) is 0 Å². The standard InChI is InChI=1S/C23H25N5O3S/c1-27(15-16-8-10-24-11-9-16)22(31)17-4-6-18(7-5-17)25-20(29)14-19-21(30)26-23(32-19)28-12-2-3-13-28/h4-11,19H,2-3,12-15H2,1H3,(H,25,29). The molecule has 1 aromatic heterocycles. The molecule has 166 valence electrons. The van der Waals surface area contributed by atoms with Crippen molar-refractivity contribution in [2.45, 2.75) is 31.1 Å². The van der Waals surface area contributed by atoms with Gasteiger partial charge >= 0.3 is 0 Å². The zero-order chi connectivity index (χ0) is 22.5. The molecule has 8 nitrogen and oxygen atoms in total. The highest BCUT2D eigenvalue weighted by Crippen LogP contribution is 2.29. The maximum absolute atomic E-state index is 12.7. The van der Waals surface area contributed by atoms with Gasteiger partial charge in [-0.15, -0.1) is 0 Å². The monoisotopic (exact) mass is 451 g/mol. The van der Waals surface area contributed by atoms with Gasteiger partial charge in [-0.25, -0.2) is 0 Å². The summed E-state index contributed by atoms with van der Waals surface area (Å²) in [7, 11) is 1.74. The predicted molar refractivity (Wildman–Crippen MR) is 124 cm³/mol. The summed E-state index contributed by atoms with van der Waals surface area (Å²) in [6.45, 7) is 2.32. The van der Waals surface area contributed by atoms with Crippen LogP contribution in [0, 0.1) is 0 Å². The normalized spacial score (nSPS) is 17.9. The molecule has 2 aromatic rings. The van der Waals surface area contributed by atoms with Crippen LogP contribution in [0.2, 0.25) is 0 Å². The van der Waals surface area contributed by atoms with Crippen LogP contribution < -0.4 is 5.32 Å². The fourth-order valence-corrected chi connectivity index (χ4v) is 4.80. The summed E-state index contributed by atoms with van der Waals surface area (Å²) in [4.78, 5) is 49.1. The van der Waals surface area contributed by atoms with Crippen molar-refractivity contribution in [1.82, 2.24) is 14.8 Å². The summed E-state index contributed by atoms with van der Waals surface area (Å²) < 4.78 is 0. The zero-order valence-corrected chi connectivity index (χ0v) is 18.7. The van der Waals surface area contributed by atoms with Crippen molar-refractivity contribution in [3.8, 4) is 0 Å². The molecule has 1 saturated heterocycles. The molecule has 1 fully saturated rings. The largest absolute Gasteiger partial charge is 0.351 e. The Morgan fingerprint density at radius 1 is 1.12 bits per heavy atom. The van der Waals surface area contributed by atoms with Crippen molar-refractivity contribution in [3.05, 3.63) is 59.9 Å². The number of carbonyl (C=O) groups excluding carboxylic acids is 3. The molecule has 2 aliphatic rings. The maximum atomic E-state index is 12.7. The number of nitrogens with one attached hydrogen (secondary N) is 1. The Bertz CT molecular complexity index is 1020. The topological polar surface area (TPSA) is 95.0 Å². The second kappa shape index (κ2) is 9.95. The smallest absolute Gasteiger partial charge is 0.262 e. The summed E-state index contributed by atoms with van der Waals surface area (Å²) in [5, 5.41) is 3.07. The third-order valence-corrected chi connectivity index (χ3v) is 6.62. The van der Waals surface area contributed by atoms with Gasteiger partial charge in [0.15, 0.2) is 5.17 Å². The number of likely N-dealkylation sites (tertiary alicyclic amines) is 1. The molecule has 0 spiro atoms. The van der Waals surface area contributed by atoms with E-state index in [9.17, 15) is 14.4 Å². The summed E-state index contributed by atoms with van der Waals surface area (Å²) >= 11 is 1.38. The molecule has 1 aromatic carbocycles. The van der Waals surface area contributed by atoms with Crippen molar-refractivity contribution in [1.29, 1.82) is 0 Å². The van der Waals surface area contributed by atoms with Crippen molar-refractivity contribution in [3.63, 3.8) is 0 Å². The Morgan fingerprint density at radius 3 is 2.50 bits per heavy atom. The van der Waals surface area contributed by atoms with Crippen LogP contribution >= 0.6 is 11.8 Å². The molecule has 0 bridgehead atoms. The highest BCUT2D eigenvalue weighted by Gasteiger charge is 2.33. The number of aliphatic imine (C=N–C) groups is 1. The zero-order valence-electron chi connectivity index (χ0n) is 17.9. The third-order valence-electron chi connectivity index (χ3n) is 5.41. The SMILES string of the molecule is CN(Cc1ccncc1)C(=O)c1ccc(NC(=O)CC2SC(N3CCCC3)=NC2=O)cc1. The highest BCUT2D eigenvalue weighted by atomic mass is 32.2. The van der Waals surface area contributed by atoms with E-state index in [0.29, 0.717) is 17.8 Å². The minimum atomic E-state index is -0.478. The number of amides is 3. The molecule has 4 rings (SSSR count). The molecular weight excluding hydrogens is 426 g/mol. The minimum Gasteiger partial charge on any atom is -0.351 e. The number of nitrogens with zero attached hydrogens (tertiary/aromatic N) is 4. The fourth-order valence-electron chi connectivity index (χ4n) is 3.68. The Balaban J connectivity index is 1.28. The lowest BCUT2D eigenvalue weighted by molar-refractivity contribution is -0.121. The molecule has 1 N–H and O–H groups in total. The number of anilines is 1. The summed E-state index contributed by atoms with van der Waals surface area (Å²) in [6, 6.07) is 10.5. The second-order valence-corrected chi connectivity index (χ2v) is 9.05. The Kier molecular flexibility index (Phi) is 6.84. The molecule has 3 heterocycles. The number of pyridine rings is 1. The average Bonchev–Trinajstić information content (AvgIpc) is 3.45. The highest BCUT2D eigenvalue weighted by molar-refractivity contribution is 8.15. The molecule has 1 unspecified atom stereocenters. The van der Waals surface area contributed by atoms with Crippen LogP contribution in [-0.4, -0.2) is 63.1 Å². The fraction of sp³-hybridized carbons (Fsp3) is 0.348. The molecule has 3 amide bonds.